The van der Waals surface area contributed by atoms with Crippen molar-refractivity contribution in [3.8, 4) is 0 Å². The summed E-state index contributed by atoms with van der Waals surface area (Å²) in [4.78, 5) is 12.2. The summed E-state index contributed by atoms with van der Waals surface area (Å²) in [6.45, 7) is 7.47. The second-order valence-electron chi connectivity index (χ2n) is 6.68. The van der Waals surface area contributed by atoms with Crippen LogP contribution in [0.1, 0.15) is 33.3 Å². The van der Waals surface area contributed by atoms with Crippen molar-refractivity contribution in [3.63, 3.8) is 0 Å². The maximum Gasteiger partial charge on any atom is 0.242 e. The van der Waals surface area contributed by atoms with E-state index in [-0.39, 0.29) is 23.6 Å². The van der Waals surface area contributed by atoms with Crippen LogP contribution in [0, 0.1) is 5.41 Å². The fourth-order valence-corrected chi connectivity index (χ4v) is 4.60. The fourth-order valence-electron chi connectivity index (χ4n) is 2.42. The number of amides is 1. The van der Waals surface area contributed by atoms with Gasteiger partial charge in [0, 0.05) is 12.2 Å². The van der Waals surface area contributed by atoms with Crippen LogP contribution in [-0.4, -0.2) is 30.4 Å². The second kappa shape index (κ2) is 5.42. The average molecular weight is 310 g/mol. The number of para-hydroxylation sites is 1. The molecule has 116 valence electrons. The van der Waals surface area contributed by atoms with Crippen molar-refractivity contribution in [1.82, 2.24) is 4.31 Å². The molecule has 1 aromatic carbocycles. The number of carbonyl (C=O) groups excluding carboxylic acids is 1. The maximum atomic E-state index is 12.7. The summed E-state index contributed by atoms with van der Waals surface area (Å²) in [6.07, 6.45) is 0. The van der Waals surface area contributed by atoms with Crippen molar-refractivity contribution in [1.29, 1.82) is 0 Å². The summed E-state index contributed by atoms with van der Waals surface area (Å²) >= 11 is 0. The van der Waals surface area contributed by atoms with Crippen LogP contribution in [-0.2, 0) is 21.4 Å². The molecule has 6 heteroatoms. The molecule has 0 aliphatic carbocycles. The van der Waals surface area contributed by atoms with Crippen LogP contribution in [0.2, 0.25) is 0 Å². The van der Waals surface area contributed by atoms with Crippen molar-refractivity contribution < 1.29 is 13.2 Å². The molecular weight excluding hydrogens is 288 g/mol. The Morgan fingerprint density at radius 3 is 2.52 bits per heavy atom. The SMILES string of the molecule is CC1C(=O)Nc2ccccc2CN1S(=O)(=O)CC(C)(C)C. The number of nitrogens with zero attached hydrogens (tertiary/aromatic N) is 1. The molecule has 0 spiro atoms. The van der Waals surface area contributed by atoms with Crippen molar-refractivity contribution in [2.75, 3.05) is 11.1 Å². The highest BCUT2D eigenvalue weighted by Crippen LogP contribution is 2.27. The first-order valence-corrected chi connectivity index (χ1v) is 8.59. The van der Waals surface area contributed by atoms with E-state index in [9.17, 15) is 13.2 Å². The number of rotatable bonds is 2. The third-order valence-corrected chi connectivity index (χ3v) is 5.78. The highest BCUT2D eigenvalue weighted by atomic mass is 32.2. The summed E-state index contributed by atoms with van der Waals surface area (Å²) in [5, 5.41) is 2.79. The van der Waals surface area contributed by atoms with Gasteiger partial charge in [-0.2, -0.15) is 4.31 Å². The van der Waals surface area contributed by atoms with Crippen LogP contribution in [0.5, 0.6) is 0 Å². The van der Waals surface area contributed by atoms with Crippen LogP contribution in [0.3, 0.4) is 0 Å². The van der Waals surface area contributed by atoms with E-state index in [0.29, 0.717) is 5.69 Å². The van der Waals surface area contributed by atoms with E-state index in [0.717, 1.165) is 5.56 Å². The lowest BCUT2D eigenvalue weighted by Gasteiger charge is -2.28. The van der Waals surface area contributed by atoms with Gasteiger partial charge < -0.3 is 5.32 Å². The minimum Gasteiger partial charge on any atom is -0.324 e. The van der Waals surface area contributed by atoms with Gasteiger partial charge >= 0.3 is 0 Å². The van der Waals surface area contributed by atoms with Crippen LogP contribution in [0.4, 0.5) is 5.69 Å². The molecule has 1 amide bonds. The molecule has 1 unspecified atom stereocenters. The summed E-state index contributed by atoms with van der Waals surface area (Å²) in [5.74, 6) is -0.280. The molecule has 1 N–H and O–H groups in total. The predicted octanol–water partition coefficient (Wildman–Crippen LogP) is 2.21. The van der Waals surface area contributed by atoms with Gasteiger partial charge in [0.05, 0.1) is 5.75 Å². The lowest BCUT2D eigenvalue weighted by Crippen LogP contribution is -2.45. The van der Waals surface area contributed by atoms with Crippen molar-refractivity contribution >= 4 is 21.6 Å². The summed E-state index contributed by atoms with van der Waals surface area (Å²) < 4.78 is 26.6. The summed E-state index contributed by atoms with van der Waals surface area (Å²) in [7, 11) is -3.52. The monoisotopic (exact) mass is 310 g/mol. The predicted molar refractivity (Wildman–Crippen MR) is 83.3 cm³/mol. The lowest BCUT2D eigenvalue weighted by molar-refractivity contribution is -0.119. The van der Waals surface area contributed by atoms with Gasteiger partial charge in [-0.25, -0.2) is 8.42 Å². The third kappa shape index (κ3) is 3.63. The number of fused-ring (bicyclic) bond motifs is 1. The Hall–Kier alpha value is -1.40. The van der Waals surface area contributed by atoms with Crippen LogP contribution < -0.4 is 5.32 Å². The van der Waals surface area contributed by atoms with Crippen molar-refractivity contribution in [2.45, 2.75) is 40.3 Å². The van der Waals surface area contributed by atoms with E-state index in [1.807, 2.05) is 39.0 Å². The Balaban J connectivity index is 2.41. The first-order valence-electron chi connectivity index (χ1n) is 6.98. The number of benzene rings is 1. The first kappa shape index (κ1) is 16.0. The number of nitrogens with one attached hydrogen (secondary N) is 1. The fraction of sp³-hybridized carbons (Fsp3) is 0.533. The van der Waals surface area contributed by atoms with Gasteiger partial charge in [-0.3, -0.25) is 4.79 Å². The molecule has 1 aromatic rings. The van der Waals surface area contributed by atoms with E-state index in [4.69, 9.17) is 0 Å². The zero-order chi connectivity index (χ0) is 15.8. The third-order valence-electron chi connectivity index (χ3n) is 3.39. The molecule has 0 aromatic heterocycles. The van der Waals surface area contributed by atoms with E-state index >= 15 is 0 Å². The number of carbonyl (C=O) groups is 1. The highest BCUT2D eigenvalue weighted by molar-refractivity contribution is 7.89. The zero-order valence-electron chi connectivity index (χ0n) is 12.9. The maximum absolute atomic E-state index is 12.7. The Morgan fingerprint density at radius 1 is 1.29 bits per heavy atom. The molecule has 0 bridgehead atoms. The largest absolute Gasteiger partial charge is 0.324 e. The zero-order valence-corrected chi connectivity index (χ0v) is 13.7. The summed E-state index contributed by atoms with van der Waals surface area (Å²) in [6, 6.07) is 6.58. The molecule has 2 rings (SSSR count). The number of anilines is 1. The van der Waals surface area contributed by atoms with Gasteiger partial charge in [0.1, 0.15) is 6.04 Å². The van der Waals surface area contributed by atoms with Crippen molar-refractivity contribution in [3.05, 3.63) is 29.8 Å². The van der Waals surface area contributed by atoms with Gasteiger partial charge in [-0.15, -0.1) is 0 Å². The standard InChI is InChI=1S/C15H22N2O3S/c1-11-14(18)16-13-8-6-5-7-12(13)9-17(11)21(19,20)10-15(2,3)4/h5-8,11H,9-10H2,1-4H3,(H,16,18). The Morgan fingerprint density at radius 2 is 1.90 bits per heavy atom. The molecule has 0 saturated carbocycles. The molecule has 1 aliphatic rings. The molecule has 1 heterocycles. The molecule has 21 heavy (non-hydrogen) atoms. The van der Waals surface area contributed by atoms with Crippen LogP contribution >= 0.6 is 0 Å². The Labute approximate surface area is 126 Å². The quantitative estimate of drug-likeness (QED) is 0.910. The lowest BCUT2D eigenvalue weighted by atomic mass is 10.0. The summed E-state index contributed by atoms with van der Waals surface area (Å²) in [5.41, 5.74) is 1.14. The number of sulfonamides is 1. The topological polar surface area (TPSA) is 66.5 Å². The second-order valence-corrected chi connectivity index (χ2v) is 8.61. The highest BCUT2D eigenvalue weighted by Gasteiger charge is 2.36. The van der Waals surface area contributed by atoms with Crippen LogP contribution in [0.25, 0.3) is 0 Å². The van der Waals surface area contributed by atoms with E-state index in [1.54, 1.807) is 13.0 Å². The van der Waals surface area contributed by atoms with Gasteiger partial charge in [-0.1, -0.05) is 39.0 Å². The van der Waals surface area contributed by atoms with E-state index in [1.165, 1.54) is 4.31 Å². The normalized spacial score (nSPS) is 20.6. The molecule has 0 saturated heterocycles. The Kier molecular flexibility index (Phi) is 4.13. The minimum absolute atomic E-state index is 0.0137. The first-order chi connectivity index (χ1) is 9.60. The smallest absolute Gasteiger partial charge is 0.242 e. The van der Waals surface area contributed by atoms with E-state index in [2.05, 4.69) is 5.32 Å². The Bertz CT molecular complexity index is 647. The molecule has 5 nitrogen and oxygen atoms in total. The molecular formula is C15H22N2O3S. The number of hydrogen-bond acceptors (Lipinski definition) is 3. The van der Waals surface area contributed by atoms with Crippen LogP contribution in [0.15, 0.2) is 24.3 Å². The molecule has 0 fully saturated rings. The van der Waals surface area contributed by atoms with Gasteiger partial charge in [-0.05, 0) is 24.0 Å². The number of hydrogen-bond donors (Lipinski definition) is 1. The molecule has 1 atom stereocenters. The van der Waals surface area contributed by atoms with E-state index < -0.39 is 16.1 Å². The average Bonchev–Trinajstić information content (AvgIpc) is 2.45. The molecule has 1 aliphatic heterocycles. The van der Waals surface area contributed by atoms with Crippen molar-refractivity contribution in [2.24, 2.45) is 5.41 Å². The minimum atomic E-state index is -3.52. The van der Waals surface area contributed by atoms with Gasteiger partial charge in [0.15, 0.2) is 0 Å². The van der Waals surface area contributed by atoms with Gasteiger partial charge in [0.25, 0.3) is 0 Å². The molecule has 0 radical (unpaired) electrons. The van der Waals surface area contributed by atoms with Gasteiger partial charge in [0.2, 0.25) is 15.9 Å².